The van der Waals surface area contributed by atoms with E-state index < -0.39 is 23.8 Å². The summed E-state index contributed by atoms with van der Waals surface area (Å²) < 4.78 is 5.50. The van der Waals surface area contributed by atoms with Crippen LogP contribution < -0.4 is 10.6 Å². The quantitative estimate of drug-likeness (QED) is 0.171. The lowest BCUT2D eigenvalue weighted by atomic mass is 9.94. The normalized spacial score (nSPS) is 14.5. The molecule has 3 N–H and O–H groups in total. The largest absolute Gasteiger partial charge is 0.507 e. The number of aromatic hydroxyl groups is 1. The van der Waals surface area contributed by atoms with Gasteiger partial charge in [0.25, 0.3) is 0 Å². The number of amides is 3. The molecular weight excluding hydrogens is 518 g/mol. The van der Waals surface area contributed by atoms with Gasteiger partial charge in [0.2, 0.25) is 11.8 Å². The highest BCUT2D eigenvalue weighted by Gasteiger charge is 2.39. The molecule has 0 aliphatic rings. The summed E-state index contributed by atoms with van der Waals surface area (Å²) in [6.07, 6.45) is 7.74. The summed E-state index contributed by atoms with van der Waals surface area (Å²) in [6, 6.07) is 3.23. The van der Waals surface area contributed by atoms with Crippen LogP contribution in [-0.2, 0) is 14.3 Å². The second-order valence-corrected chi connectivity index (χ2v) is 12.4. The highest BCUT2D eigenvalue weighted by molar-refractivity contribution is 5.92. The fourth-order valence-corrected chi connectivity index (χ4v) is 4.91. The maximum absolute atomic E-state index is 14.4. The third-order valence-electron chi connectivity index (χ3n) is 7.42. The third kappa shape index (κ3) is 12.3. The van der Waals surface area contributed by atoms with Crippen LogP contribution in [0.4, 0.5) is 4.79 Å². The van der Waals surface area contributed by atoms with Crippen LogP contribution in [-0.4, -0.2) is 52.1 Å². The molecule has 4 atom stereocenters. The van der Waals surface area contributed by atoms with Crippen LogP contribution in [0.5, 0.6) is 5.75 Å². The lowest BCUT2D eigenvalue weighted by Gasteiger charge is -2.37. The van der Waals surface area contributed by atoms with Crippen molar-refractivity contribution in [3.05, 3.63) is 29.3 Å². The SMILES string of the molecule is CCCCCCCCN(C(=O)C(NC(=O)OC(C)(C)C)C(C)CC)C(C(=O)NC(C)CCC)c1cccc(C)c1O. The van der Waals surface area contributed by atoms with Gasteiger partial charge in [0, 0.05) is 18.2 Å². The van der Waals surface area contributed by atoms with Gasteiger partial charge in [-0.15, -0.1) is 0 Å². The summed E-state index contributed by atoms with van der Waals surface area (Å²) in [7, 11) is 0. The second kappa shape index (κ2) is 17.9. The Morgan fingerprint density at radius 2 is 1.59 bits per heavy atom. The van der Waals surface area contributed by atoms with Crippen LogP contribution in [0.3, 0.4) is 0 Å². The van der Waals surface area contributed by atoms with Crippen molar-refractivity contribution >= 4 is 17.9 Å². The van der Waals surface area contributed by atoms with E-state index in [1.54, 1.807) is 50.8 Å². The number of aryl methyl sites for hydroxylation is 1. The molecular formula is C33H57N3O5. The molecule has 0 heterocycles. The van der Waals surface area contributed by atoms with E-state index in [-0.39, 0.29) is 29.5 Å². The molecule has 4 unspecified atom stereocenters. The van der Waals surface area contributed by atoms with E-state index in [1.807, 2.05) is 20.8 Å². The van der Waals surface area contributed by atoms with E-state index >= 15 is 0 Å². The number of carbonyl (C=O) groups excluding carboxylic acids is 3. The zero-order valence-electron chi connectivity index (χ0n) is 27.1. The van der Waals surface area contributed by atoms with E-state index in [4.69, 9.17) is 4.74 Å². The van der Waals surface area contributed by atoms with Gasteiger partial charge in [-0.25, -0.2) is 4.79 Å². The lowest BCUT2D eigenvalue weighted by molar-refractivity contribution is -0.143. The van der Waals surface area contributed by atoms with Crippen molar-refractivity contribution in [2.45, 2.75) is 144 Å². The molecule has 0 saturated carbocycles. The van der Waals surface area contributed by atoms with Crippen molar-refractivity contribution in [3.8, 4) is 5.75 Å². The molecule has 1 aromatic rings. The molecule has 0 aliphatic heterocycles. The van der Waals surface area contributed by atoms with Gasteiger partial charge in [0.05, 0.1) is 0 Å². The maximum atomic E-state index is 14.4. The van der Waals surface area contributed by atoms with Gasteiger partial charge in [-0.2, -0.15) is 0 Å². The molecule has 0 fully saturated rings. The van der Waals surface area contributed by atoms with E-state index in [2.05, 4.69) is 24.5 Å². The predicted molar refractivity (Wildman–Crippen MR) is 166 cm³/mol. The number of hydrogen-bond donors (Lipinski definition) is 3. The summed E-state index contributed by atoms with van der Waals surface area (Å²) in [6.45, 7) is 17.5. The number of nitrogens with one attached hydrogen (secondary N) is 2. The smallest absolute Gasteiger partial charge is 0.408 e. The molecule has 0 radical (unpaired) electrons. The minimum atomic E-state index is -1.05. The van der Waals surface area contributed by atoms with E-state index in [0.29, 0.717) is 30.5 Å². The Bertz CT molecular complexity index is 959. The van der Waals surface area contributed by atoms with Crippen LogP contribution in [0.1, 0.15) is 130 Å². The molecule has 3 amide bonds. The van der Waals surface area contributed by atoms with Gasteiger partial charge < -0.3 is 25.4 Å². The van der Waals surface area contributed by atoms with Crippen molar-refractivity contribution in [1.82, 2.24) is 15.5 Å². The number of phenolic OH excluding ortho intramolecular Hbond substituents is 1. The Hall–Kier alpha value is -2.77. The standard InChI is InChI=1S/C33H57N3O5/c1-10-13-14-15-16-17-22-36(31(39)27(23(4)12-3)35-32(40)41-33(7,8)9)28(30(38)34-25(6)19-11-2)26-21-18-20-24(5)29(26)37/h18,20-21,23,25,27-28,37H,10-17,19,22H2,1-9H3,(H,34,38)(H,35,40). The molecule has 0 saturated heterocycles. The third-order valence-corrected chi connectivity index (χ3v) is 7.42. The Balaban J connectivity index is 3.58. The number of phenols is 1. The van der Waals surface area contributed by atoms with E-state index in [1.165, 1.54) is 0 Å². The monoisotopic (exact) mass is 575 g/mol. The zero-order chi connectivity index (χ0) is 31.2. The minimum absolute atomic E-state index is 0.00303. The van der Waals surface area contributed by atoms with Crippen molar-refractivity contribution in [3.63, 3.8) is 0 Å². The number of ether oxygens (including phenoxy) is 1. The first-order valence-corrected chi connectivity index (χ1v) is 15.7. The van der Waals surface area contributed by atoms with E-state index in [9.17, 15) is 19.5 Å². The molecule has 8 heteroatoms. The first-order chi connectivity index (χ1) is 19.3. The predicted octanol–water partition coefficient (Wildman–Crippen LogP) is 7.18. The summed E-state index contributed by atoms with van der Waals surface area (Å²) >= 11 is 0. The Labute approximate surface area is 249 Å². The van der Waals surface area contributed by atoms with Crippen LogP contribution in [0.2, 0.25) is 0 Å². The minimum Gasteiger partial charge on any atom is -0.507 e. The summed E-state index contributed by atoms with van der Waals surface area (Å²) in [4.78, 5) is 42.8. The van der Waals surface area contributed by atoms with Crippen molar-refractivity contribution in [2.24, 2.45) is 5.92 Å². The van der Waals surface area contributed by atoms with Gasteiger partial charge in [-0.3, -0.25) is 9.59 Å². The lowest BCUT2D eigenvalue weighted by Crippen LogP contribution is -2.55. The molecule has 1 rings (SSSR count). The molecule has 8 nitrogen and oxygen atoms in total. The summed E-state index contributed by atoms with van der Waals surface area (Å²) in [5.41, 5.74) is 0.279. The van der Waals surface area contributed by atoms with Gasteiger partial charge in [-0.1, -0.05) is 90.8 Å². The van der Waals surface area contributed by atoms with Crippen molar-refractivity contribution in [2.75, 3.05) is 6.54 Å². The molecule has 0 aliphatic carbocycles. The molecule has 234 valence electrons. The van der Waals surface area contributed by atoms with Crippen LogP contribution >= 0.6 is 0 Å². The molecule has 0 bridgehead atoms. The fourth-order valence-electron chi connectivity index (χ4n) is 4.91. The average Bonchev–Trinajstić information content (AvgIpc) is 2.88. The Morgan fingerprint density at radius 3 is 2.17 bits per heavy atom. The number of carbonyl (C=O) groups is 3. The molecule has 0 aromatic heterocycles. The van der Waals surface area contributed by atoms with E-state index in [0.717, 1.165) is 44.9 Å². The number of unbranched alkanes of at least 4 members (excludes halogenated alkanes) is 5. The highest BCUT2D eigenvalue weighted by atomic mass is 16.6. The highest BCUT2D eigenvalue weighted by Crippen LogP contribution is 2.33. The zero-order valence-corrected chi connectivity index (χ0v) is 27.1. The maximum Gasteiger partial charge on any atom is 0.408 e. The summed E-state index contributed by atoms with van der Waals surface area (Å²) in [5, 5.41) is 17.0. The topological polar surface area (TPSA) is 108 Å². The second-order valence-electron chi connectivity index (χ2n) is 12.4. The fraction of sp³-hybridized carbons (Fsp3) is 0.727. The number of alkyl carbamates (subject to hydrolysis) is 1. The van der Waals surface area contributed by atoms with Gasteiger partial charge in [0.15, 0.2) is 0 Å². The average molecular weight is 576 g/mol. The number of benzene rings is 1. The number of nitrogens with zero attached hydrogens (tertiary/aromatic N) is 1. The molecule has 1 aromatic carbocycles. The van der Waals surface area contributed by atoms with Crippen molar-refractivity contribution in [1.29, 1.82) is 0 Å². The first kappa shape index (κ1) is 36.3. The number of para-hydroxylation sites is 1. The Kier molecular flexibility index (Phi) is 15.8. The number of rotatable bonds is 17. The molecule has 41 heavy (non-hydrogen) atoms. The van der Waals surface area contributed by atoms with Gasteiger partial charge in [0.1, 0.15) is 23.4 Å². The summed E-state index contributed by atoms with van der Waals surface area (Å²) in [5.74, 6) is -0.915. The van der Waals surface area contributed by atoms with Crippen LogP contribution in [0.15, 0.2) is 18.2 Å². The first-order valence-electron chi connectivity index (χ1n) is 15.7. The van der Waals surface area contributed by atoms with Gasteiger partial charge >= 0.3 is 6.09 Å². The van der Waals surface area contributed by atoms with Crippen LogP contribution in [0.25, 0.3) is 0 Å². The van der Waals surface area contributed by atoms with Crippen molar-refractivity contribution < 1.29 is 24.2 Å². The Morgan fingerprint density at radius 1 is 0.951 bits per heavy atom. The molecule has 0 spiro atoms. The van der Waals surface area contributed by atoms with Gasteiger partial charge in [-0.05, 0) is 58.9 Å². The van der Waals surface area contributed by atoms with Crippen LogP contribution in [0, 0.1) is 12.8 Å². The number of hydrogen-bond acceptors (Lipinski definition) is 5.